The number of hydrogen-bond donors (Lipinski definition) is 1. The molecule has 0 aromatic carbocycles. The van der Waals surface area contributed by atoms with Crippen LogP contribution in [-0.2, 0) is 4.79 Å². The summed E-state index contributed by atoms with van der Waals surface area (Å²) in [6.07, 6.45) is 3.10. The van der Waals surface area contributed by atoms with E-state index in [0.717, 1.165) is 0 Å². The minimum absolute atomic E-state index is 0.403. The first-order chi connectivity index (χ1) is 5.77. The Morgan fingerprint density at radius 3 is 2.08 bits per heavy atom. The van der Waals surface area contributed by atoms with E-state index in [2.05, 4.69) is 4.98 Å². The van der Waals surface area contributed by atoms with Crippen molar-refractivity contribution in [2.45, 2.75) is 6.42 Å². The molecule has 4 nitrogen and oxygen atoms in total. The van der Waals surface area contributed by atoms with Crippen molar-refractivity contribution in [3.8, 4) is 6.07 Å². The van der Waals surface area contributed by atoms with Gasteiger partial charge in [0, 0.05) is 12.4 Å². The number of carboxylic acid groups (broad SMARTS) is 1. The normalized spacial score (nSPS) is 7.25. The summed E-state index contributed by atoms with van der Waals surface area (Å²) in [7, 11) is 0. The Labute approximate surface area is 70.1 Å². The SMILES string of the molecule is N#CCC(=O)O.c1ccncc1. The highest BCUT2D eigenvalue weighted by Gasteiger charge is 1.87. The van der Waals surface area contributed by atoms with E-state index in [9.17, 15) is 4.79 Å². The molecule has 0 unspecified atom stereocenters. The van der Waals surface area contributed by atoms with Gasteiger partial charge in [-0.25, -0.2) is 0 Å². The smallest absolute Gasteiger partial charge is 0.317 e. The number of pyridine rings is 1. The van der Waals surface area contributed by atoms with E-state index in [-0.39, 0.29) is 0 Å². The van der Waals surface area contributed by atoms with Gasteiger partial charge in [0.25, 0.3) is 0 Å². The average Bonchev–Trinajstić information content (AvgIpc) is 2.08. The molecule has 0 atom stereocenters. The third-order valence-electron chi connectivity index (χ3n) is 0.797. The van der Waals surface area contributed by atoms with Crippen LogP contribution in [0.5, 0.6) is 0 Å². The lowest BCUT2D eigenvalue weighted by Gasteiger charge is -1.70. The van der Waals surface area contributed by atoms with Crippen molar-refractivity contribution in [1.82, 2.24) is 4.98 Å². The van der Waals surface area contributed by atoms with Crippen molar-refractivity contribution >= 4 is 5.97 Å². The molecule has 0 saturated heterocycles. The Hall–Kier alpha value is -1.89. The minimum Gasteiger partial charge on any atom is -0.480 e. The van der Waals surface area contributed by atoms with Crippen LogP contribution in [0.1, 0.15) is 6.42 Å². The van der Waals surface area contributed by atoms with Gasteiger partial charge in [-0.3, -0.25) is 9.78 Å². The molecule has 1 rings (SSSR count). The van der Waals surface area contributed by atoms with Crippen LogP contribution in [0.3, 0.4) is 0 Å². The van der Waals surface area contributed by atoms with Crippen molar-refractivity contribution in [3.63, 3.8) is 0 Å². The van der Waals surface area contributed by atoms with E-state index in [1.807, 2.05) is 18.2 Å². The van der Waals surface area contributed by atoms with Gasteiger partial charge in [-0.1, -0.05) is 6.07 Å². The van der Waals surface area contributed by atoms with Gasteiger partial charge in [0.2, 0.25) is 0 Å². The van der Waals surface area contributed by atoms with Gasteiger partial charge in [0.05, 0.1) is 6.07 Å². The molecule has 0 amide bonds. The number of rotatable bonds is 1. The zero-order chi connectivity index (χ0) is 9.23. The van der Waals surface area contributed by atoms with Crippen molar-refractivity contribution < 1.29 is 9.90 Å². The lowest BCUT2D eigenvalue weighted by molar-refractivity contribution is -0.135. The number of nitriles is 1. The Balaban J connectivity index is 0.000000202. The summed E-state index contributed by atoms with van der Waals surface area (Å²) in [4.78, 5) is 13.2. The Kier molecular flexibility index (Phi) is 6.08. The maximum Gasteiger partial charge on any atom is 0.317 e. The predicted octanol–water partition coefficient (Wildman–Crippen LogP) is 1.07. The molecule has 0 fully saturated rings. The molecule has 4 heteroatoms. The number of aliphatic carboxylic acids is 1. The van der Waals surface area contributed by atoms with Crippen molar-refractivity contribution in [3.05, 3.63) is 30.6 Å². The zero-order valence-electron chi connectivity index (χ0n) is 6.34. The first kappa shape index (κ1) is 10.1. The highest BCUT2D eigenvalue weighted by Crippen LogP contribution is 1.73. The molecule has 62 valence electrons. The fourth-order valence-corrected chi connectivity index (χ4v) is 0.380. The zero-order valence-corrected chi connectivity index (χ0v) is 6.34. The van der Waals surface area contributed by atoms with Crippen LogP contribution in [0.2, 0.25) is 0 Å². The molecule has 1 aromatic rings. The van der Waals surface area contributed by atoms with E-state index in [0.29, 0.717) is 0 Å². The minimum atomic E-state index is -1.07. The quantitative estimate of drug-likeness (QED) is 0.673. The summed E-state index contributed by atoms with van der Waals surface area (Å²) >= 11 is 0. The highest BCUT2D eigenvalue weighted by atomic mass is 16.4. The molecule has 0 radical (unpaired) electrons. The largest absolute Gasteiger partial charge is 0.480 e. The number of carboxylic acids is 1. The van der Waals surface area contributed by atoms with Crippen LogP contribution < -0.4 is 0 Å². The van der Waals surface area contributed by atoms with Gasteiger partial charge in [0.15, 0.2) is 0 Å². The van der Waals surface area contributed by atoms with E-state index in [1.165, 1.54) is 6.07 Å². The summed E-state index contributed by atoms with van der Waals surface area (Å²) < 4.78 is 0. The Morgan fingerprint density at radius 2 is 2.00 bits per heavy atom. The lowest BCUT2D eigenvalue weighted by Crippen LogP contribution is -1.88. The molecule has 0 bridgehead atoms. The molecule has 1 N–H and O–H groups in total. The maximum absolute atomic E-state index is 9.38. The van der Waals surface area contributed by atoms with E-state index < -0.39 is 12.4 Å². The third kappa shape index (κ3) is 8.11. The monoisotopic (exact) mass is 164 g/mol. The average molecular weight is 164 g/mol. The molecule has 1 heterocycles. The topological polar surface area (TPSA) is 74.0 Å². The van der Waals surface area contributed by atoms with Crippen molar-refractivity contribution in [1.29, 1.82) is 5.26 Å². The van der Waals surface area contributed by atoms with Crippen LogP contribution in [0.4, 0.5) is 0 Å². The van der Waals surface area contributed by atoms with Crippen LogP contribution >= 0.6 is 0 Å². The molecular formula is C8H8N2O2. The predicted molar refractivity (Wildman–Crippen MR) is 42.1 cm³/mol. The molecule has 0 spiro atoms. The summed E-state index contributed by atoms with van der Waals surface area (Å²) in [5.74, 6) is -1.07. The standard InChI is InChI=1S/C5H5N.C3H3NO2/c1-2-4-6-5-3-1;4-2-1-3(5)6/h1-5H;1H2,(H,5,6). The molecule has 0 aliphatic rings. The van der Waals surface area contributed by atoms with Crippen molar-refractivity contribution in [2.24, 2.45) is 0 Å². The number of hydrogen-bond acceptors (Lipinski definition) is 3. The van der Waals surface area contributed by atoms with Gasteiger partial charge in [-0.2, -0.15) is 5.26 Å². The molecule has 0 saturated carbocycles. The number of carbonyl (C=O) groups is 1. The summed E-state index contributed by atoms with van der Waals surface area (Å²) in [6.45, 7) is 0. The van der Waals surface area contributed by atoms with Crippen molar-refractivity contribution in [2.75, 3.05) is 0 Å². The summed E-state index contributed by atoms with van der Waals surface area (Å²) in [6, 6.07) is 7.18. The first-order valence-corrected chi connectivity index (χ1v) is 3.21. The second-order valence-corrected chi connectivity index (χ2v) is 1.75. The second-order valence-electron chi connectivity index (χ2n) is 1.75. The summed E-state index contributed by atoms with van der Waals surface area (Å²) in [5, 5.41) is 15.3. The third-order valence-corrected chi connectivity index (χ3v) is 0.797. The Bertz CT molecular complexity index is 227. The fraction of sp³-hybridized carbons (Fsp3) is 0.125. The van der Waals surface area contributed by atoms with E-state index >= 15 is 0 Å². The van der Waals surface area contributed by atoms with E-state index in [1.54, 1.807) is 12.4 Å². The van der Waals surface area contributed by atoms with Crippen LogP contribution in [-0.4, -0.2) is 16.1 Å². The fourth-order valence-electron chi connectivity index (χ4n) is 0.380. The van der Waals surface area contributed by atoms with Crippen LogP contribution in [0.15, 0.2) is 30.6 Å². The number of aromatic nitrogens is 1. The van der Waals surface area contributed by atoms with Crippen LogP contribution in [0, 0.1) is 11.3 Å². The van der Waals surface area contributed by atoms with Gasteiger partial charge in [-0.05, 0) is 12.1 Å². The molecule has 1 aromatic heterocycles. The van der Waals surface area contributed by atoms with E-state index in [4.69, 9.17) is 10.4 Å². The molecule has 0 aliphatic heterocycles. The Morgan fingerprint density at radius 1 is 1.42 bits per heavy atom. The summed E-state index contributed by atoms with van der Waals surface area (Å²) in [5.41, 5.74) is 0. The molecular weight excluding hydrogens is 156 g/mol. The molecule has 12 heavy (non-hydrogen) atoms. The first-order valence-electron chi connectivity index (χ1n) is 3.21. The lowest BCUT2D eigenvalue weighted by atomic mass is 10.5. The number of nitrogens with zero attached hydrogens (tertiary/aromatic N) is 2. The second kappa shape index (κ2) is 7.22. The van der Waals surface area contributed by atoms with Gasteiger partial charge >= 0.3 is 5.97 Å². The molecule has 0 aliphatic carbocycles. The highest BCUT2D eigenvalue weighted by molar-refractivity contribution is 5.69. The van der Waals surface area contributed by atoms with Gasteiger partial charge in [0.1, 0.15) is 6.42 Å². The van der Waals surface area contributed by atoms with Crippen LogP contribution in [0.25, 0.3) is 0 Å². The van der Waals surface area contributed by atoms with Gasteiger partial charge < -0.3 is 5.11 Å². The van der Waals surface area contributed by atoms with Gasteiger partial charge in [-0.15, -0.1) is 0 Å². The maximum atomic E-state index is 9.38.